The van der Waals surface area contributed by atoms with Crippen LogP contribution in [0.4, 0.5) is 17.6 Å². The molecule has 34 heavy (non-hydrogen) atoms. The van der Waals surface area contributed by atoms with Crippen molar-refractivity contribution < 1.29 is 40.6 Å². The smallest absolute Gasteiger partial charge is 0.416 e. The molecule has 1 atom stereocenters. The van der Waals surface area contributed by atoms with Crippen LogP contribution in [0.1, 0.15) is 29.5 Å². The molecule has 0 heterocycles. The summed E-state index contributed by atoms with van der Waals surface area (Å²) in [5.74, 6) is -3.94. The summed E-state index contributed by atoms with van der Waals surface area (Å²) in [7, 11) is -3.87. The molecule has 3 aromatic rings. The van der Waals surface area contributed by atoms with Gasteiger partial charge in [0.15, 0.2) is 9.84 Å². The highest BCUT2D eigenvalue weighted by Crippen LogP contribution is 2.38. The Labute approximate surface area is 197 Å². The first-order chi connectivity index (χ1) is 15.8. The summed E-state index contributed by atoms with van der Waals surface area (Å²) in [5, 5.41) is 8.97. The molecule has 0 aliphatic carbocycles. The molecule has 180 valence electrons. The highest BCUT2D eigenvalue weighted by Gasteiger charge is 2.32. The standard InChI is InChI=1S/C23H17ClF4O5S/c1-13(22(29)30)15-8-16(23(26,27)28)10-18(9-15)33-21-7-6-19(11-20(21)24)34(31,32)12-14-2-4-17(25)5-3-14/h2-11,13H,12H2,1H3,(H,29,30). The van der Waals surface area contributed by atoms with E-state index in [4.69, 9.17) is 21.4 Å². The molecule has 3 aromatic carbocycles. The predicted molar refractivity (Wildman–Crippen MR) is 116 cm³/mol. The molecular formula is C23H17ClF4O5S. The SMILES string of the molecule is CC(C(=O)O)c1cc(Oc2ccc(S(=O)(=O)Cc3ccc(F)cc3)cc2Cl)cc(C(F)(F)F)c1. The van der Waals surface area contributed by atoms with Crippen LogP contribution in [0.25, 0.3) is 0 Å². The van der Waals surface area contributed by atoms with Gasteiger partial charge < -0.3 is 9.84 Å². The predicted octanol–water partition coefficient (Wildman–Crippen LogP) is 6.45. The zero-order chi connectivity index (χ0) is 25.3. The summed E-state index contributed by atoms with van der Waals surface area (Å²) in [6.45, 7) is 1.23. The number of rotatable bonds is 7. The molecule has 0 bridgehead atoms. The maximum absolute atomic E-state index is 13.3. The lowest BCUT2D eigenvalue weighted by molar-refractivity contribution is -0.140. The lowest BCUT2D eigenvalue weighted by atomic mass is 9.98. The molecule has 0 aliphatic heterocycles. The Morgan fingerprint density at radius 3 is 2.26 bits per heavy atom. The fourth-order valence-electron chi connectivity index (χ4n) is 3.01. The van der Waals surface area contributed by atoms with Gasteiger partial charge >= 0.3 is 12.1 Å². The average Bonchev–Trinajstić information content (AvgIpc) is 2.75. The van der Waals surface area contributed by atoms with Gasteiger partial charge in [0.1, 0.15) is 17.3 Å². The van der Waals surface area contributed by atoms with Crippen LogP contribution < -0.4 is 4.74 Å². The van der Waals surface area contributed by atoms with Crippen molar-refractivity contribution in [2.45, 2.75) is 29.7 Å². The molecule has 1 N–H and O–H groups in total. The lowest BCUT2D eigenvalue weighted by Gasteiger charge is -2.16. The summed E-state index contributed by atoms with van der Waals surface area (Å²) in [4.78, 5) is 11.1. The number of ether oxygens (including phenoxy) is 1. The van der Waals surface area contributed by atoms with E-state index in [1.54, 1.807) is 0 Å². The van der Waals surface area contributed by atoms with E-state index < -0.39 is 45.0 Å². The van der Waals surface area contributed by atoms with Gasteiger partial charge in [0.05, 0.1) is 27.2 Å². The van der Waals surface area contributed by atoms with Crippen molar-refractivity contribution >= 4 is 27.4 Å². The van der Waals surface area contributed by atoms with Crippen LogP contribution in [0.2, 0.25) is 5.02 Å². The van der Waals surface area contributed by atoms with Gasteiger partial charge in [0, 0.05) is 0 Å². The number of hydrogen-bond donors (Lipinski definition) is 1. The molecule has 1 unspecified atom stereocenters. The number of halogens is 5. The number of carboxylic acid groups (broad SMARTS) is 1. The van der Waals surface area contributed by atoms with Gasteiger partial charge in [-0.15, -0.1) is 0 Å². The Morgan fingerprint density at radius 2 is 1.71 bits per heavy atom. The van der Waals surface area contributed by atoms with Gasteiger partial charge in [-0.3, -0.25) is 4.79 Å². The molecule has 0 radical (unpaired) electrons. The Hall–Kier alpha value is -3.11. The van der Waals surface area contributed by atoms with Crippen LogP contribution >= 0.6 is 11.6 Å². The molecule has 0 saturated heterocycles. The van der Waals surface area contributed by atoms with Crippen molar-refractivity contribution in [1.29, 1.82) is 0 Å². The number of carboxylic acids is 1. The van der Waals surface area contributed by atoms with Crippen molar-refractivity contribution in [1.82, 2.24) is 0 Å². The van der Waals surface area contributed by atoms with Crippen LogP contribution in [-0.2, 0) is 26.6 Å². The largest absolute Gasteiger partial charge is 0.481 e. The van der Waals surface area contributed by atoms with E-state index in [9.17, 15) is 30.8 Å². The van der Waals surface area contributed by atoms with E-state index in [2.05, 4.69) is 0 Å². The normalized spacial score (nSPS) is 12.9. The minimum absolute atomic E-state index is 0.129. The van der Waals surface area contributed by atoms with E-state index in [0.717, 1.165) is 30.3 Å². The number of carbonyl (C=O) groups is 1. The van der Waals surface area contributed by atoms with Crippen molar-refractivity contribution in [2.24, 2.45) is 0 Å². The van der Waals surface area contributed by atoms with Crippen LogP contribution in [0.5, 0.6) is 11.5 Å². The first kappa shape index (κ1) is 25.5. The highest BCUT2D eigenvalue weighted by molar-refractivity contribution is 7.90. The molecule has 3 rings (SSSR count). The molecule has 0 spiro atoms. The highest BCUT2D eigenvalue weighted by atomic mass is 35.5. The third kappa shape index (κ3) is 6.06. The van der Waals surface area contributed by atoms with Gasteiger partial charge in [-0.1, -0.05) is 23.7 Å². The van der Waals surface area contributed by atoms with Crippen molar-refractivity contribution in [3.8, 4) is 11.5 Å². The Kier molecular flexibility index (Phi) is 7.23. The molecule has 11 heteroatoms. The molecule has 0 fully saturated rings. The van der Waals surface area contributed by atoms with Crippen molar-refractivity contribution in [3.05, 3.63) is 88.2 Å². The minimum atomic E-state index is -4.76. The third-order valence-electron chi connectivity index (χ3n) is 4.89. The molecule has 5 nitrogen and oxygen atoms in total. The fraction of sp³-hybridized carbons (Fsp3) is 0.174. The molecule has 0 aromatic heterocycles. The quantitative estimate of drug-likeness (QED) is 0.365. The number of alkyl halides is 3. The van der Waals surface area contributed by atoms with Gasteiger partial charge in [-0.2, -0.15) is 13.2 Å². The second-order valence-electron chi connectivity index (χ2n) is 7.43. The maximum atomic E-state index is 13.3. The van der Waals surface area contributed by atoms with Crippen molar-refractivity contribution in [3.63, 3.8) is 0 Å². The number of aliphatic carboxylic acids is 1. The van der Waals surface area contributed by atoms with Crippen LogP contribution in [-0.4, -0.2) is 19.5 Å². The van der Waals surface area contributed by atoms with E-state index in [1.807, 2.05) is 0 Å². The lowest BCUT2D eigenvalue weighted by Crippen LogP contribution is -2.11. The number of hydrogen-bond acceptors (Lipinski definition) is 4. The topological polar surface area (TPSA) is 80.7 Å². The molecular weight excluding hydrogens is 500 g/mol. The molecule has 0 aliphatic rings. The maximum Gasteiger partial charge on any atom is 0.416 e. The molecule has 0 saturated carbocycles. The fourth-order valence-corrected chi connectivity index (χ4v) is 4.66. The zero-order valence-electron chi connectivity index (χ0n) is 17.4. The number of benzene rings is 3. The zero-order valence-corrected chi connectivity index (χ0v) is 19.0. The van der Waals surface area contributed by atoms with E-state index >= 15 is 0 Å². The Bertz CT molecular complexity index is 1320. The van der Waals surface area contributed by atoms with Gasteiger partial charge in [-0.25, -0.2) is 12.8 Å². The van der Waals surface area contributed by atoms with Crippen LogP contribution in [0.3, 0.4) is 0 Å². The van der Waals surface area contributed by atoms with E-state index in [-0.39, 0.29) is 27.0 Å². The third-order valence-corrected chi connectivity index (χ3v) is 6.87. The first-order valence-corrected chi connectivity index (χ1v) is 11.7. The summed E-state index contributed by atoms with van der Waals surface area (Å²) >= 11 is 6.14. The van der Waals surface area contributed by atoms with E-state index in [1.165, 1.54) is 31.2 Å². The van der Waals surface area contributed by atoms with Gasteiger partial charge in [-0.05, 0) is 66.6 Å². The molecule has 0 amide bonds. The summed E-state index contributed by atoms with van der Waals surface area (Å²) in [6.07, 6.45) is -4.76. The summed E-state index contributed by atoms with van der Waals surface area (Å²) in [6, 6.07) is 10.9. The number of sulfone groups is 1. The first-order valence-electron chi connectivity index (χ1n) is 9.66. The Balaban J connectivity index is 1.91. The second kappa shape index (κ2) is 9.63. The van der Waals surface area contributed by atoms with Gasteiger partial charge in [0.2, 0.25) is 0 Å². The Morgan fingerprint density at radius 1 is 1.06 bits per heavy atom. The van der Waals surface area contributed by atoms with E-state index in [0.29, 0.717) is 11.6 Å². The average molecular weight is 517 g/mol. The second-order valence-corrected chi connectivity index (χ2v) is 9.83. The van der Waals surface area contributed by atoms with Crippen molar-refractivity contribution in [2.75, 3.05) is 0 Å². The monoisotopic (exact) mass is 516 g/mol. The summed E-state index contributed by atoms with van der Waals surface area (Å²) in [5.41, 5.74) is -0.892. The van der Waals surface area contributed by atoms with Gasteiger partial charge in [0.25, 0.3) is 0 Å². The summed E-state index contributed by atoms with van der Waals surface area (Å²) < 4.78 is 83.7. The minimum Gasteiger partial charge on any atom is -0.481 e. The van der Waals surface area contributed by atoms with Crippen LogP contribution in [0.15, 0.2) is 65.6 Å². The van der Waals surface area contributed by atoms with Crippen LogP contribution in [0, 0.1) is 5.82 Å².